The van der Waals surface area contributed by atoms with Gasteiger partial charge < -0.3 is 15.3 Å². The lowest BCUT2D eigenvalue weighted by atomic mass is 10.0. The van der Waals surface area contributed by atoms with Crippen LogP contribution in [-0.2, 0) is 10.0 Å². The Morgan fingerprint density at radius 2 is 1.50 bits per heavy atom. The molecule has 7 heteroatoms. The van der Waals surface area contributed by atoms with E-state index >= 15 is 0 Å². The zero-order valence-electron chi connectivity index (χ0n) is 11.7. The predicted molar refractivity (Wildman–Crippen MR) is 74.7 cm³/mol. The molecule has 6 nitrogen and oxygen atoms in total. The Morgan fingerprint density at radius 3 is 1.95 bits per heavy atom. The van der Waals surface area contributed by atoms with Crippen LogP contribution < -0.4 is 4.72 Å². The molecule has 1 rings (SSSR count). The van der Waals surface area contributed by atoms with Gasteiger partial charge in [-0.3, -0.25) is 0 Å². The summed E-state index contributed by atoms with van der Waals surface area (Å²) in [5, 5.41) is 28.5. The molecule has 1 aromatic rings. The summed E-state index contributed by atoms with van der Waals surface area (Å²) in [4.78, 5) is 0.0775. The van der Waals surface area contributed by atoms with Crippen molar-refractivity contribution in [1.82, 2.24) is 4.72 Å². The van der Waals surface area contributed by atoms with Gasteiger partial charge in [-0.05, 0) is 32.9 Å². The van der Waals surface area contributed by atoms with Crippen LogP contribution >= 0.6 is 0 Å². The third-order valence-corrected chi connectivity index (χ3v) is 4.60. The summed E-state index contributed by atoms with van der Waals surface area (Å²) in [5.41, 5.74) is 0.932. The Hall–Kier alpha value is -0.990. The van der Waals surface area contributed by atoms with Gasteiger partial charge in [0.2, 0.25) is 10.0 Å². The molecule has 1 aromatic carbocycles. The van der Waals surface area contributed by atoms with Crippen molar-refractivity contribution in [2.45, 2.75) is 50.0 Å². The van der Waals surface area contributed by atoms with Crippen LogP contribution in [0.3, 0.4) is 0 Å². The molecular weight excluding hydrogens is 282 g/mol. The summed E-state index contributed by atoms with van der Waals surface area (Å²) in [6, 6.07) is 5.32. The number of hydrogen-bond acceptors (Lipinski definition) is 5. The van der Waals surface area contributed by atoms with E-state index in [1.165, 1.54) is 26.0 Å². The summed E-state index contributed by atoms with van der Waals surface area (Å²) in [6.07, 6.45) is -3.99. The molecule has 0 saturated carbocycles. The van der Waals surface area contributed by atoms with E-state index in [2.05, 4.69) is 4.72 Å². The van der Waals surface area contributed by atoms with Crippen molar-refractivity contribution < 1.29 is 23.7 Å². The molecular formula is C13H21NO5S. The smallest absolute Gasteiger partial charge is 0.240 e. The van der Waals surface area contributed by atoms with Gasteiger partial charge in [0, 0.05) is 6.04 Å². The van der Waals surface area contributed by atoms with Crippen molar-refractivity contribution in [3.8, 4) is 0 Å². The van der Waals surface area contributed by atoms with Gasteiger partial charge in [-0.25, -0.2) is 13.1 Å². The van der Waals surface area contributed by atoms with E-state index in [0.717, 1.165) is 5.56 Å². The monoisotopic (exact) mass is 303 g/mol. The number of aliphatic hydroxyl groups excluding tert-OH is 3. The van der Waals surface area contributed by atoms with E-state index in [0.29, 0.717) is 0 Å². The predicted octanol–water partition coefficient (Wildman–Crippen LogP) is -0.236. The molecule has 0 fully saturated rings. The van der Waals surface area contributed by atoms with Crippen molar-refractivity contribution >= 4 is 10.0 Å². The molecule has 0 unspecified atom stereocenters. The SMILES string of the molecule is Cc1ccc(S(=O)(=O)N[C@H](C)[C@@H](O)[C@H](O)[C@@H](C)O)cc1. The van der Waals surface area contributed by atoms with Crippen LogP contribution in [0.15, 0.2) is 29.2 Å². The van der Waals surface area contributed by atoms with E-state index in [9.17, 15) is 23.7 Å². The van der Waals surface area contributed by atoms with Gasteiger partial charge in [0.15, 0.2) is 0 Å². The Balaban J connectivity index is 2.83. The van der Waals surface area contributed by atoms with E-state index in [1.54, 1.807) is 12.1 Å². The van der Waals surface area contributed by atoms with Crippen LogP contribution in [0.25, 0.3) is 0 Å². The van der Waals surface area contributed by atoms with Crippen LogP contribution in [0.1, 0.15) is 19.4 Å². The lowest BCUT2D eigenvalue weighted by Crippen LogP contribution is -2.49. The molecule has 0 aromatic heterocycles. The number of hydrogen-bond donors (Lipinski definition) is 4. The first-order valence-electron chi connectivity index (χ1n) is 6.28. The number of rotatable bonds is 6. The standard InChI is InChI=1S/C13H21NO5S/c1-8-4-6-11(7-5-8)20(18,19)14-9(2)12(16)13(17)10(3)15/h4-7,9-10,12-17H,1-3H3/t9-,10-,12-,13-/m1/s1. The molecule has 0 spiro atoms. The number of aryl methyl sites for hydroxylation is 1. The third kappa shape index (κ3) is 4.26. The maximum absolute atomic E-state index is 12.1. The molecule has 0 aliphatic rings. The molecule has 0 radical (unpaired) electrons. The molecule has 4 N–H and O–H groups in total. The fourth-order valence-corrected chi connectivity index (χ4v) is 2.94. The molecule has 0 aliphatic carbocycles. The zero-order chi connectivity index (χ0) is 15.5. The normalized spacial score (nSPS) is 18.3. The average Bonchev–Trinajstić information content (AvgIpc) is 2.36. The first-order chi connectivity index (χ1) is 9.15. The van der Waals surface area contributed by atoms with Crippen LogP contribution in [0.4, 0.5) is 0 Å². The van der Waals surface area contributed by atoms with E-state index in [1.807, 2.05) is 6.92 Å². The van der Waals surface area contributed by atoms with Crippen molar-refractivity contribution in [3.63, 3.8) is 0 Å². The van der Waals surface area contributed by atoms with Crippen molar-refractivity contribution in [2.24, 2.45) is 0 Å². The molecule has 0 saturated heterocycles. The number of benzene rings is 1. The maximum atomic E-state index is 12.1. The van der Waals surface area contributed by atoms with Gasteiger partial charge in [0.05, 0.1) is 17.1 Å². The van der Waals surface area contributed by atoms with Crippen molar-refractivity contribution in [3.05, 3.63) is 29.8 Å². The second-order valence-corrected chi connectivity index (χ2v) is 6.66. The molecule has 0 aliphatic heterocycles. The summed E-state index contributed by atoms with van der Waals surface area (Å²) in [5.74, 6) is 0. The molecule has 0 amide bonds. The largest absolute Gasteiger partial charge is 0.391 e. The summed E-state index contributed by atoms with van der Waals surface area (Å²) in [7, 11) is -3.78. The van der Waals surface area contributed by atoms with E-state index < -0.39 is 34.4 Å². The summed E-state index contributed by atoms with van der Waals surface area (Å²) in [6.45, 7) is 4.58. The minimum Gasteiger partial charge on any atom is -0.391 e. The topological polar surface area (TPSA) is 107 Å². The first kappa shape index (κ1) is 17.1. The highest BCUT2D eigenvalue weighted by atomic mass is 32.2. The van der Waals surface area contributed by atoms with Crippen LogP contribution in [-0.4, -0.2) is 48.1 Å². The fraction of sp³-hybridized carbons (Fsp3) is 0.538. The second kappa shape index (κ2) is 6.64. The Bertz CT molecular complexity index is 526. The van der Waals surface area contributed by atoms with Gasteiger partial charge in [-0.2, -0.15) is 0 Å². The number of nitrogens with one attached hydrogen (secondary N) is 1. The number of aliphatic hydroxyl groups is 3. The lowest BCUT2D eigenvalue weighted by molar-refractivity contribution is -0.0605. The van der Waals surface area contributed by atoms with Gasteiger partial charge >= 0.3 is 0 Å². The highest BCUT2D eigenvalue weighted by Crippen LogP contribution is 2.12. The first-order valence-corrected chi connectivity index (χ1v) is 7.76. The third-order valence-electron chi connectivity index (χ3n) is 3.03. The molecule has 4 atom stereocenters. The maximum Gasteiger partial charge on any atom is 0.240 e. The van der Waals surface area contributed by atoms with Gasteiger partial charge in [0.1, 0.15) is 6.10 Å². The Kier molecular flexibility index (Phi) is 5.67. The second-order valence-electron chi connectivity index (χ2n) is 4.94. The van der Waals surface area contributed by atoms with Crippen LogP contribution in [0.5, 0.6) is 0 Å². The van der Waals surface area contributed by atoms with Crippen LogP contribution in [0, 0.1) is 6.92 Å². The lowest BCUT2D eigenvalue weighted by Gasteiger charge is -2.26. The Morgan fingerprint density at radius 1 is 1.00 bits per heavy atom. The molecule has 0 heterocycles. The molecule has 0 bridgehead atoms. The Labute approximate surface area is 119 Å². The average molecular weight is 303 g/mol. The van der Waals surface area contributed by atoms with Crippen molar-refractivity contribution in [2.75, 3.05) is 0 Å². The minimum absolute atomic E-state index is 0.0775. The minimum atomic E-state index is -3.78. The highest BCUT2D eigenvalue weighted by Gasteiger charge is 2.29. The zero-order valence-corrected chi connectivity index (χ0v) is 12.5. The van der Waals surface area contributed by atoms with Gasteiger partial charge in [-0.1, -0.05) is 17.7 Å². The van der Waals surface area contributed by atoms with Gasteiger partial charge in [-0.15, -0.1) is 0 Å². The summed E-state index contributed by atoms with van der Waals surface area (Å²) < 4.78 is 26.4. The summed E-state index contributed by atoms with van der Waals surface area (Å²) >= 11 is 0. The van der Waals surface area contributed by atoms with E-state index in [4.69, 9.17) is 0 Å². The quantitative estimate of drug-likeness (QED) is 0.580. The van der Waals surface area contributed by atoms with Crippen molar-refractivity contribution in [1.29, 1.82) is 0 Å². The molecule has 20 heavy (non-hydrogen) atoms. The number of sulfonamides is 1. The van der Waals surface area contributed by atoms with Gasteiger partial charge in [0.25, 0.3) is 0 Å². The van der Waals surface area contributed by atoms with Crippen LogP contribution in [0.2, 0.25) is 0 Å². The highest BCUT2D eigenvalue weighted by molar-refractivity contribution is 7.89. The van der Waals surface area contributed by atoms with E-state index in [-0.39, 0.29) is 4.90 Å². The molecule has 114 valence electrons. The fourth-order valence-electron chi connectivity index (χ4n) is 1.68.